The summed E-state index contributed by atoms with van der Waals surface area (Å²) in [5.74, 6) is 0.760. The topological polar surface area (TPSA) is 51.5 Å². The molecule has 0 spiro atoms. The number of rotatable bonds is 7. The van der Waals surface area contributed by atoms with Crippen molar-refractivity contribution >= 4 is 22.6 Å². The Kier molecular flexibility index (Phi) is 5.61. The van der Waals surface area contributed by atoms with Crippen molar-refractivity contribution in [1.29, 1.82) is 0 Å². The zero-order valence-corrected chi connectivity index (χ0v) is 15.6. The lowest BCUT2D eigenvalue weighted by molar-refractivity contribution is 0.0997. The third-order valence-electron chi connectivity index (χ3n) is 4.51. The van der Waals surface area contributed by atoms with Gasteiger partial charge in [-0.05, 0) is 49.6 Å². The van der Waals surface area contributed by atoms with Crippen LogP contribution in [0.25, 0.3) is 11.0 Å². The number of amides is 1. The van der Waals surface area contributed by atoms with Gasteiger partial charge in [0.2, 0.25) is 0 Å². The van der Waals surface area contributed by atoms with Gasteiger partial charge in [-0.25, -0.2) is 0 Å². The molecular formula is C22H25NO3. The predicted octanol–water partition coefficient (Wildman–Crippen LogP) is 5.73. The lowest BCUT2D eigenvalue weighted by Crippen LogP contribution is -2.13. The van der Waals surface area contributed by atoms with E-state index in [1.807, 2.05) is 43.3 Å². The second-order valence-electron chi connectivity index (χ2n) is 6.39. The molecule has 0 atom stereocenters. The van der Waals surface area contributed by atoms with Gasteiger partial charge in [-0.2, -0.15) is 0 Å². The first-order valence-electron chi connectivity index (χ1n) is 9.19. The van der Waals surface area contributed by atoms with Crippen molar-refractivity contribution in [2.24, 2.45) is 0 Å². The number of para-hydroxylation sites is 2. The van der Waals surface area contributed by atoms with E-state index in [9.17, 15) is 4.79 Å². The lowest BCUT2D eigenvalue weighted by atomic mass is 10.1. The summed E-state index contributed by atoms with van der Waals surface area (Å²) in [6.45, 7) is 6.78. The molecule has 3 rings (SSSR count). The first kappa shape index (κ1) is 18.1. The van der Waals surface area contributed by atoms with Gasteiger partial charge in [-0.3, -0.25) is 4.79 Å². The normalized spacial score (nSPS) is 10.9. The van der Waals surface area contributed by atoms with E-state index < -0.39 is 0 Å². The number of hydrogen-bond donors (Lipinski definition) is 1. The number of carbonyl (C=O) groups excluding carboxylic acids is 1. The minimum Gasteiger partial charge on any atom is -0.491 e. The molecule has 0 bridgehead atoms. The molecule has 0 aliphatic heterocycles. The summed E-state index contributed by atoms with van der Waals surface area (Å²) in [7, 11) is 0. The predicted molar refractivity (Wildman–Crippen MR) is 105 cm³/mol. The summed E-state index contributed by atoms with van der Waals surface area (Å²) < 4.78 is 11.6. The van der Waals surface area contributed by atoms with Crippen molar-refractivity contribution in [1.82, 2.24) is 0 Å². The highest BCUT2D eigenvalue weighted by Crippen LogP contribution is 2.29. The minimum atomic E-state index is -0.261. The van der Waals surface area contributed by atoms with E-state index >= 15 is 0 Å². The molecule has 0 radical (unpaired) electrons. The first-order chi connectivity index (χ1) is 12.6. The highest BCUT2D eigenvalue weighted by molar-refractivity contribution is 6.07. The van der Waals surface area contributed by atoms with E-state index in [0.717, 1.165) is 35.8 Å². The molecule has 0 aliphatic rings. The number of benzene rings is 2. The van der Waals surface area contributed by atoms with Crippen LogP contribution in [0.4, 0.5) is 5.69 Å². The Morgan fingerprint density at radius 3 is 2.73 bits per heavy atom. The zero-order chi connectivity index (χ0) is 18.5. The van der Waals surface area contributed by atoms with Gasteiger partial charge in [0.1, 0.15) is 11.3 Å². The molecule has 1 aromatic heterocycles. The number of ether oxygens (including phenoxy) is 1. The van der Waals surface area contributed by atoms with Crippen LogP contribution >= 0.6 is 0 Å². The van der Waals surface area contributed by atoms with Crippen LogP contribution in [0.15, 0.2) is 46.9 Å². The average molecular weight is 351 g/mol. The molecular weight excluding hydrogens is 326 g/mol. The Morgan fingerprint density at radius 1 is 1.15 bits per heavy atom. The molecule has 4 heteroatoms. The van der Waals surface area contributed by atoms with E-state index in [2.05, 4.69) is 25.2 Å². The van der Waals surface area contributed by atoms with Gasteiger partial charge in [0.25, 0.3) is 5.91 Å². The molecule has 0 aliphatic carbocycles. The fraction of sp³-hybridized carbons (Fsp3) is 0.318. The van der Waals surface area contributed by atoms with Crippen LogP contribution in [0.5, 0.6) is 5.75 Å². The average Bonchev–Trinajstić information content (AvgIpc) is 2.99. The third-order valence-corrected chi connectivity index (χ3v) is 4.51. The monoisotopic (exact) mass is 351 g/mol. The molecule has 1 amide bonds. The van der Waals surface area contributed by atoms with Gasteiger partial charge >= 0.3 is 0 Å². The number of aryl methyl sites for hydroxylation is 2. The smallest absolute Gasteiger partial charge is 0.291 e. The summed E-state index contributed by atoms with van der Waals surface area (Å²) in [6, 6.07) is 13.5. The van der Waals surface area contributed by atoms with Crippen LogP contribution in [0.3, 0.4) is 0 Å². The molecule has 3 aromatic rings. The molecule has 4 nitrogen and oxygen atoms in total. The molecule has 26 heavy (non-hydrogen) atoms. The van der Waals surface area contributed by atoms with Gasteiger partial charge in [0, 0.05) is 10.9 Å². The van der Waals surface area contributed by atoms with Crippen molar-refractivity contribution in [3.8, 4) is 5.75 Å². The Hall–Kier alpha value is -2.75. The number of carbonyl (C=O) groups is 1. The van der Waals surface area contributed by atoms with Crippen molar-refractivity contribution in [3.05, 3.63) is 59.4 Å². The van der Waals surface area contributed by atoms with Crippen molar-refractivity contribution in [2.75, 3.05) is 11.9 Å². The third kappa shape index (κ3) is 3.74. The summed E-state index contributed by atoms with van der Waals surface area (Å²) in [5, 5.41) is 3.91. The van der Waals surface area contributed by atoms with E-state index in [1.165, 1.54) is 5.56 Å². The Balaban J connectivity index is 1.85. The number of nitrogens with one attached hydrogen (secondary N) is 1. The van der Waals surface area contributed by atoms with Gasteiger partial charge in [-0.15, -0.1) is 0 Å². The molecule has 136 valence electrons. The fourth-order valence-corrected chi connectivity index (χ4v) is 2.91. The minimum absolute atomic E-state index is 0.261. The van der Waals surface area contributed by atoms with E-state index in [4.69, 9.17) is 9.15 Å². The van der Waals surface area contributed by atoms with Crippen molar-refractivity contribution in [2.45, 2.75) is 40.0 Å². The largest absolute Gasteiger partial charge is 0.491 e. The maximum absolute atomic E-state index is 12.8. The van der Waals surface area contributed by atoms with E-state index in [1.54, 1.807) is 0 Å². The summed E-state index contributed by atoms with van der Waals surface area (Å²) in [6.07, 6.45) is 2.99. The molecule has 1 N–H and O–H groups in total. The maximum atomic E-state index is 12.8. The maximum Gasteiger partial charge on any atom is 0.291 e. The highest BCUT2D eigenvalue weighted by Gasteiger charge is 2.19. The van der Waals surface area contributed by atoms with Gasteiger partial charge in [0.15, 0.2) is 5.76 Å². The molecule has 2 aromatic carbocycles. The van der Waals surface area contributed by atoms with Crippen LogP contribution < -0.4 is 10.1 Å². The van der Waals surface area contributed by atoms with Crippen LogP contribution in [0, 0.1) is 6.92 Å². The van der Waals surface area contributed by atoms with Crippen LogP contribution in [0.2, 0.25) is 0 Å². The fourth-order valence-electron chi connectivity index (χ4n) is 2.91. The number of unbranched alkanes of at least 4 members (excludes halogenated alkanes) is 1. The van der Waals surface area contributed by atoms with Crippen LogP contribution in [-0.4, -0.2) is 12.5 Å². The number of anilines is 1. The van der Waals surface area contributed by atoms with Crippen LogP contribution in [0.1, 0.15) is 48.4 Å². The summed E-state index contributed by atoms with van der Waals surface area (Å²) in [5.41, 5.74) is 3.47. The standard InChI is InChI=1S/C22H25NO3/c1-4-6-13-25-20-10-8-7-9-18(20)23-22(24)21-15(3)17-14-16(5-2)11-12-19(17)26-21/h7-12,14H,4-6,13H2,1-3H3,(H,23,24). The van der Waals surface area contributed by atoms with E-state index in [0.29, 0.717) is 23.8 Å². The number of fused-ring (bicyclic) bond motifs is 1. The van der Waals surface area contributed by atoms with E-state index in [-0.39, 0.29) is 5.91 Å². The number of hydrogen-bond acceptors (Lipinski definition) is 3. The quantitative estimate of drug-likeness (QED) is 0.553. The number of furan rings is 1. The first-order valence-corrected chi connectivity index (χ1v) is 9.19. The molecule has 1 heterocycles. The van der Waals surface area contributed by atoms with Crippen molar-refractivity contribution in [3.63, 3.8) is 0 Å². The molecule has 0 fully saturated rings. The van der Waals surface area contributed by atoms with Gasteiger partial charge in [0.05, 0.1) is 12.3 Å². The summed E-state index contributed by atoms with van der Waals surface area (Å²) >= 11 is 0. The second-order valence-corrected chi connectivity index (χ2v) is 6.39. The lowest BCUT2D eigenvalue weighted by Gasteiger charge is -2.11. The second kappa shape index (κ2) is 8.09. The highest BCUT2D eigenvalue weighted by atomic mass is 16.5. The van der Waals surface area contributed by atoms with Crippen LogP contribution in [-0.2, 0) is 6.42 Å². The zero-order valence-electron chi connectivity index (χ0n) is 15.6. The Morgan fingerprint density at radius 2 is 1.96 bits per heavy atom. The van der Waals surface area contributed by atoms with Crippen molar-refractivity contribution < 1.29 is 13.9 Å². The molecule has 0 saturated carbocycles. The van der Waals surface area contributed by atoms with Gasteiger partial charge < -0.3 is 14.5 Å². The Bertz CT molecular complexity index is 911. The SMILES string of the molecule is CCCCOc1ccccc1NC(=O)c1oc2ccc(CC)cc2c1C. The summed E-state index contributed by atoms with van der Waals surface area (Å²) in [4.78, 5) is 12.8. The molecule has 0 unspecified atom stereocenters. The molecule has 0 saturated heterocycles. The Labute approximate surface area is 154 Å². The van der Waals surface area contributed by atoms with Gasteiger partial charge in [-0.1, -0.05) is 38.5 Å².